The molecule has 1 atom stereocenters. The summed E-state index contributed by atoms with van der Waals surface area (Å²) >= 11 is 0. The van der Waals surface area contributed by atoms with E-state index in [2.05, 4.69) is 92.8 Å². The number of hydrogen-bond donors (Lipinski definition) is 0. The molecule has 0 aromatic carbocycles. The van der Waals surface area contributed by atoms with Crippen LogP contribution >= 0.6 is 0 Å². The van der Waals surface area contributed by atoms with Crippen molar-refractivity contribution in [3.8, 4) is 6.07 Å². The fraction of sp³-hybridized carbons (Fsp3) is 0.667. The summed E-state index contributed by atoms with van der Waals surface area (Å²) < 4.78 is 6.29. The predicted molar refractivity (Wildman–Crippen MR) is 134 cm³/mol. The highest BCUT2D eigenvalue weighted by Crippen LogP contribution is 2.41. The zero-order chi connectivity index (χ0) is 23.2. The molecule has 0 aliphatic heterocycles. The Morgan fingerprint density at radius 2 is 1.90 bits per heavy atom. The standard InChI is InChI=1S/C27H45NOSi/c1-21(14-16-25-23(3)12-11-18-27(25,7)8)13-15-24(20-28)22(2)17-19-29-30(9,10)26(4,5)6/h13-16,22H,11-12,17-19H2,1-10H3/b16-14+,21-13+,24-15+. The second-order valence-electron chi connectivity index (χ2n) is 11.2. The van der Waals surface area contributed by atoms with Crippen molar-refractivity contribution in [3.05, 3.63) is 46.6 Å². The maximum absolute atomic E-state index is 9.63. The maximum Gasteiger partial charge on any atom is 0.191 e. The number of hydrogen-bond acceptors (Lipinski definition) is 2. The molecular formula is C27H45NOSi. The highest BCUT2D eigenvalue weighted by molar-refractivity contribution is 6.74. The quantitative estimate of drug-likeness (QED) is 0.221. The van der Waals surface area contributed by atoms with Crippen molar-refractivity contribution in [2.45, 2.75) is 99.2 Å². The summed E-state index contributed by atoms with van der Waals surface area (Å²) in [4.78, 5) is 0. The fourth-order valence-corrected chi connectivity index (χ4v) is 4.74. The van der Waals surface area contributed by atoms with E-state index in [-0.39, 0.29) is 16.4 Å². The molecule has 0 saturated heterocycles. The molecule has 0 aromatic heterocycles. The minimum absolute atomic E-state index is 0.204. The van der Waals surface area contributed by atoms with Crippen LogP contribution in [-0.2, 0) is 4.43 Å². The molecule has 0 saturated carbocycles. The monoisotopic (exact) mass is 427 g/mol. The van der Waals surface area contributed by atoms with Gasteiger partial charge in [-0.15, -0.1) is 0 Å². The van der Waals surface area contributed by atoms with Crippen molar-refractivity contribution >= 4 is 8.32 Å². The van der Waals surface area contributed by atoms with Crippen LogP contribution in [0.25, 0.3) is 0 Å². The molecule has 1 aliphatic rings. The largest absolute Gasteiger partial charge is 0.417 e. The molecular weight excluding hydrogens is 382 g/mol. The molecule has 0 radical (unpaired) electrons. The normalized spacial score (nSPS) is 19.9. The van der Waals surface area contributed by atoms with Gasteiger partial charge in [0.1, 0.15) is 0 Å². The van der Waals surface area contributed by atoms with Gasteiger partial charge in [0, 0.05) is 12.2 Å². The van der Waals surface area contributed by atoms with Crippen LogP contribution in [0.4, 0.5) is 0 Å². The molecule has 0 amide bonds. The van der Waals surface area contributed by atoms with Gasteiger partial charge < -0.3 is 4.43 Å². The number of rotatable bonds is 8. The lowest BCUT2D eigenvalue weighted by Gasteiger charge is -2.36. The summed E-state index contributed by atoms with van der Waals surface area (Å²) in [5.41, 5.74) is 5.25. The third kappa shape index (κ3) is 7.71. The highest BCUT2D eigenvalue weighted by atomic mass is 28.4. The summed E-state index contributed by atoms with van der Waals surface area (Å²) in [6, 6.07) is 2.40. The van der Waals surface area contributed by atoms with Crippen LogP contribution < -0.4 is 0 Å². The second-order valence-corrected chi connectivity index (χ2v) is 16.0. The molecule has 0 aromatic rings. The molecule has 1 aliphatic carbocycles. The van der Waals surface area contributed by atoms with Gasteiger partial charge >= 0.3 is 0 Å². The van der Waals surface area contributed by atoms with E-state index < -0.39 is 8.32 Å². The summed E-state index contributed by atoms with van der Waals surface area (Å²) in [5.74, 6) is 0.204. The van der Waals surface area contributed by atoms with E-state index in [1.165, 1.54) is 36.0 Å². The first-order chi connectivity index (χ1) is 13.7. The van der Waals surface area contributed by atoms with Crippen molar-refractivity contribution in [1.29, 1.82) is 5.26 Å². The molecule has 0 heterocycles. The van der Waals surface area contributed by atoms with Gasteiger partial charge in [0.2, 0.25) is 0 Å². The summed E-state index contributed by atoms with van der Waals surface area (Å²) in [7, 11) is -1.73. The average Bonchev–Trinajstić information content (AvgIpc) is 2.60. The molecule has 30 heavy (non-hydrogen) atoms. The first-order valence-corrected chi connectivity index (χ1v) is 14.4. The predicted octanol–water partition coefficient (Wildman–Crippen LogP) is 8.51. The van der Waals surface area contributed by atoms with E-state index in [1.807, 2.05) is 6.08 Å². The smallest absolute Gasteiger partial charge is 0.191 e. The van der Waals surface area contributed by atoms with Gasteiger partial charge in [-0.3, -0.25) is 0 Å². The number of nitriles is 1. The van der Waals surface area contributed by atoms with Crippen molar-refractivity contribution in [2.24, 2.45) is 11.3 Å². The van der Waals surface area contributed by atoms with Crippen molar-refractivity contribution in [2.75, 3.05) is 6.61 Å². The molecule has 3 heteroatoms. The summed E-state index contributed by atoms with van der Waals surface area (Å²) in [5, 5.41) is 9.85. The van der Waals surface area contributed by atoms with Crippen LogP contribution in [0.5, 0.6) is 0 Å². The zero-order valence-corrected chi connectivity index (χ0v) is 22.3. The van der Waals surface area contributed by atoms with Crippen LogP contribution in [0, 0.1) is 22.7 Å². The van der Waals surface area contributed by atoms with Crippen LogP contribution in [0.1, 0.15) is 81.1 Å². The van der Waals surface area contributed by atoms with E-state index in [4.69, 9.17) is 4.43 Å². The highest BCUT2D eigenvalue weighted by Gasteiger charge is 2.37. The Labute approximate surface area is 187 Å². The Kier molecular flexibility index (Phi) is 9.58. The Hall–Kier alpha value is -1.37. The number of allylic oxidation sites excluding steroid dienone is 8. The molecule has 168 valence electrons. The second kappa shape index (κ2) is 10.8. The third-order valence-electron chi connectivity index (χ3n) is 7.06. The van der Waals surface area contributed by atoms with Crippen molar-refractivity contribution in [1.82, 2.24) is 0 Å². The molecule has 0 spiro atoms. The van der Waals surface area contributed by atoms with Crippen LogP contribution in [0.3, 0.4) is 0 Å². The van der Waals surface area contributed by atoms with Crippen LogP contribution in [0.15, 0.2) is 46.6 Å². The molecule has 0 fully saturated rings. The van der Waals surface area contributed by atoms with Crippen LogP contribution in [0.2, 0.25) is 18.1 Å². The number of nitrogens with zero attached hydrogens (tertiary/aromatic N) is 1. The summed E-state index contributed by atoms with van der Waals surface area (Å²) in [6.45, 7) is 23.3. The van der Waals surface area contributed by atoms with E-state index in [9.17, 15) is 5.26 Å². The lowest BCUT2D eigenvalue weighted by molar-refractivity contribution is 0.268. The first kappa shape index (κ1) is 26.7. The van der Waals surface area contributed by atoms with E-state index in [0.29, 0.717) is 0 Å². The van der Waals surface area contributed by atoms with E-state index >= 15 is 0 Å². The summed E-state index contributed by atoms with van der Waals surface area (Å²) in [6.07, 6.45) is 13.2. The third-order valence-corrected chi connectivity index (χ3v) is 11.6. The first-order valence-electron chi connectivity index (χ1n) is 11.5. The minimum Gasteiger partial charge on any atom is -0.417 e. The van der Waals surface area contributed by atoms with E-state index in [1.54, 1.807) is 0 Å². The van der Waals surface area contributed by atoms with Gasteiger partial charge in [-0.05, 0) is 80.6 Å². The minimum atomic E-state index is -1.73. The lowest BCUT2D eigenvalue weighted by atomic mass is 9.72. The molecule has 0 N–H and O–H groups in total. The topological polar surface area (TPSA) is 33.0 Å². The molecule has 2 nitrogen and oxygen atoms in total. The lowest BCUT2D eigenvalue weighted by Crippen LogP contribution is -2.41. The van der Waals surface area contributed by atoms with E-state index in [0.717, 1.165) is 18.6 Å². The van der Waals surface area contributed by atoms with Gasteiger partial charge in [-0.1, -0.05) is 70.9 Å². The fourth-order valence-electron chi connectivity index (χ4n) is 3.68. The Morgan fingerprint density at radius 3 is 2.43 bits per heavy atom. The van der Waals surface area contributed by atoms with Gasteiger partial charge in [0.15, 0.2) is 8.32 Å². The van der Waals surface area contributed by atoms with Gasteiger partial charge in [-0.2, -0.15) is 5.26 Å². The maximum atomic E-state index is 9.63. The molecule has 1 unspecified atom stereocenters. The van der Waals surface area contributed by atoms with Gasteiger partial charge in [0.25, 0.3) is 0 Å². The van der Waals surface area contributed by atoms with Gasteiger partial charge in [-0.25, -0.2) is 0 Å². The van der Waals surface area contributed by atoms with Crippen molar-refractivity contribution in [3.63, 3.8) is 0 Å². The molecule has 0 bridgehead atoms. The Balaban J connectivity index is 2.78. The molecule has 1 rings (SSSR count). The Morgan fingerprint density at radius 1 is 1.27 bits per heavy atom. The van der Waals surface area contributed by atoms with Gasteiger partial charge in [0.05, 0.1) is 6.07 Å². The van der Waals surface area contributed by atoms with Crippen molar-refractivity contribution < 1.29 is 4.43 Å². The zero-order valence-electron chi connectivity index (χ0n) is 21.3. The SMILES string of the molecule is CC1=C(/C=C/C(C)=C/C=C(\C#N)C(C)CCO[Si](C)(C)C(C)(C)C)C(C)(C)CCC1. The van der Waals surface area contributed by atoms with Crippen LogP contribution in [-0.4, -0.2) is 14.9 Å². The Bertz CT molecular complexity index is 751. The average molecular weight is 428 g/mol.